The van der Waals surface area contributed by atoms with Crippen molar-refractivity contribution < 1.29 is 14.3 Å². The Kier molecular flexibility index (Phi) is 9.41. The summed E-state index contributed by atoms with van der Waals surface area (Å²) in [6.07, 6.45) is 21.5. The molecule has 0 N–H and O–H groups in total. The third kappa shape index (κ3) is 7.15. The maximum atomic E-state index is 12.3. The second kappa shape index (κ2) is 13.0. The maximum Gasteiger partial charge on any atom is 0.197 e. The SMILES string of the molecule is CCCCCCOc1ccc(/C=C/C=C/C=C/C=C/C=C2C(=O)c3ccccc3C2=O)cc1. The first-order valence-electron chi connectivity index (χ1n) is 11.5. The number of carbonyl (C=O) groups is 2. The third-order valence-corrected chi connectivity index (χ3v) is 5.27. The van der Waals surface area contributed by atoms with Crippen molar-refractivity contribution >= 4 is 17.6 Å². The van der Waals surface area contributed by atoms with Crippen LogP contribution in [0.4, 0.5) is 0 Å². The van der Waals surface area contributed by atoms with Crippen molar-refractivity contribution in [3.8, 4) is 5.75 Å². The van der Waals surface area contributed by atoms with Gasteiger partial charge in [-0.2, -0.15) is 0 Å². The standard InChI is InChI=1S/C30H30O3/c1-2-3-4-14-23-33-25-21-19-24(20-22-25)15-10-8-6-5-7-9-11-18-28-29(31)26-16-12-13-17-27(26)30(28)32/h5-13,15-22H,2-4,14,23H2,1H3/b7-5+,8-6+,11-9+,15-10+. The summed E-state index contributed by atoms with van der Waals surface area (Å²) in [6.45, 7) is 2.98. The average molecular weight is 439 g/mol. The highest BCUT2D eigenvalue weighted by molar-refractivity contribution is 6.39. The summed E-state index contributed by atoms with van der Waals surface area (Å²) in [4.78, 5) is 24.6. The first kappa shape index (κ1) is 23.9. The number of unbranched alkanes of at least 4 members (excludes halogenated alkanes) is 3. The molecule has 2 aromatic carbocycles. The number of ether oxygens (including phenoxy) is 1. The van der Waals surface area contributed by atoms with E-state index in [2.05, 4.69) is 6.92 Å². The van der Waals surface area contributed by atoms with E-state index in [-0.39, 0.29) is 17.1 Å². The molecule has 0 heterocycles. The van der Waals surface area contributed by atoms with Crippen LogP contribution in [0.25, 0.3) is 6.08 Å². The maximum absolute atomic E-state index is 12.3. The van der Waals surface area contributed by atoms with Crippen molar-refractivity contribution in [3.63, 3.8) is 0 Å². The van der Waals surface area contributed by atoms with E-state index < -0.39 is 0 Å². The van der Waals surface area contributed by atoms with Gasteiger partial charge in [-0.1, -0.05) is 111 Å². The molecule has 3 nitrogen and oxygen atoms in total. The van der Waals surface area contributed by atoms with Gasteiger partial charge in [0, 0.05) is 11.1 Å². The summed E-state index contributed by atoms with van der Waals surface area (Å²) in [5.74, 6) is 0.496. The van der Waals surface area contributed by atoms with E-state index in [0.717, 1.165) is 24.3 Å². The van der Waals surface area contributed by atoms with Crippen molar-refractivity contribution in [2.24, 2.45) is 0 Å². The zero-order valence-electron chi connectivity index (χ0n) is 19.1. The fourth-order valence-electron chi connectivity index (χ4n) is 3.46. The zero-order valence-corrected chi connectivity index (χ0v) is 19.1. The number of benzene rings is 2. The summed E-state index contributed by atoms with van der Waals surface area (Å²) in [5, 5.41) is 0. The van der Waals surface area contributed by atoms with Gasteiger partial charge in [0.2, 0.25) is 0 Å². The van der Waals surface area contributed by atoms with Gasteiger partial charge in [-0.05, 0) is 30.2 Å². The number of fused-ring (bicyclic) bond motifs is 1. The molecule has 0 radical (unpaired) electrons. The highest BCUT2D eigenvalue weighted by Crippen LogP contribution is 2.25. The lowest BCUT2D eigenvalue weighted by Crippen LogP contribution is -1.99. The molecule has 1 aliphatic carbocycles. The number of hydrogen-bond acceptors (Lipinski definition) is 3. The molecule has 0 amide bonds. The van der Waals surface area contributed by atoms with Crippen LogP contribution in [0.3, 0.4) is 0 Å². The van der Waals surface area contributed by atoms with Gasteiger partial charge in [-0.3, -0.25) is 9.59 Å². The number of ketones is 2. The van der Waals surface area contributed by atoms with E-state index in [0.29, 0.717) is 11.1 Å². The Hall–Kier alpha value is -3.72. The van der Waals surface area contributed by atoms with Crippen molar-refractivity contribution in [3.05, 3.63) is 119 Å². The van der Waals surface area contributed by atoms with Gasteiger partial charge in [0.1, 0.15) is 5.75 Å². The molecule has 0 aromatic heterocycles. The topological polar surface area (TPSA) is 43.4 Å². The molecule has 1 aliphatic rings. The van der Waals surface area contributed by atoms with Crippen molar-refractivity contribution in [1.82, 2.24) is 0 Å². The van der Waals surface area contributed by atoms with Gasteiger partial charge in [0.15, 0.2) is 11.6 Å². The molecule has 2 aromatic rings. The van der Waals surface area contributed by atoms with Gasteiger partial charge >= 0.3 is 0 Å². The summed E-state index contributed by atoms with van der Waals surface area (Å²) in [6, 6.07) is 15.0. The van der Waals surface area contributed by atoms with E-state index in [9.17, 15) is 9.59 Å². The first-order valence-corrected chi connectivity index (χ1v) is 11.5. The lowest BCUT2D eigenvalue weighted by Gasteiger charge is -2.05. The van der Waals surface area contributed by atoms with Crippen LogP contribution in [-0.2, 0) is 0 Å². The van der Waals surface area contributed by atoms with Crippen molar-refractivity contribution in [2.45, 2.75) is 32.6 Å². The molecule has 0 saturated heterocycles. The van der Waals surface area contributed by atoms with E-state index in [1.54, 1.807) is 42.5 Å². The number of rotatable bonds is 11. The fraction of sp³-hybridized carbons (Fsp3) is 0.200. The van der Waals surface area contributed by atoms with Crippen LogP contribution in [0.2, 0.25) is 0 Å². The third-order valence-electron chi connectivity index (χ3n) is 5.27. The molecule has 168 valence electrons. The normalized spacial score (nSPS) is 13.8. The van der Waals surface area contributed by atoms with Gasteiger partial charge in [-0.25, -0.2) is 0 Å². The molecule has 0 spiro atoms. The molecule has 0 aliphatic heterocycles. The smallest absolute Gasteiger partial charge is 0.197 e. The second-order valence-corrected chi connectivity index (χ2v) is 7.78. The molecular weight excluding hydrogens is 408 g/mol. The Morgan fingerprint density at radius 1 is 0.697 bits per heavy atom. The first-order chi connectivity index (χ1) is 16.2. The summed E-state index contributed by atoms with van der Waals surface area (Å²) < 4.78 is 5.76. The lowest BCUT2D eigenvalue weighted by molar-refractivity contribution is 0.0989. The van der Waals surface area contributed by atoms with Crippen LogP contribution in [0, 0.1) is 0 Å². The minimum Gasteiger partial charge on any atom is -0.494 e. The minimum absolute atomic E-state index is 0.208. The van der Waals surface area contributed by atoms with E-state index in [4.69, 9.17) is 4.74 Å². The Balaban J connectivity index is 1.41. The van der Waals surface area contributed by atoms with Gasteiger partial charge in [0.25, 0.3) is 0 Å². The van der Waals surface area contributed by atoms with Gasteiger partial charge < -0.3 is 4.74 Å². The molecule has 0 bridgehead atoms. The second-order valence-electron chi connectivity index (χ2n) is 7.78. The van der Waals surface area contributed by atoms with Crippen LogP contribution in [0.1, 0.15) is 58.9 Å². The zero-order chi connectivity index (χ0) is 23.3. The van der Waals surface area contributed by atoms with Crippen molar-refractivity contribution in [1.29, 1.82) is 0 Å². The molecular formula is C30H30O3. The molecule has 0 fully saturated rings. The number of carbonyl (C=O) groups excluding carboxylic acids is 2. The van der Waals surface area contributed by atoms with Crippen LogP contribution < -0.4 is 4.74 Å². The highest BCUT2D eigenvalue weighted by Gasteiger charge is 2.31. The Morgan fingerprint density at radius 3 is 1.94 bits per heavy atom. The average Bonchev–Trinajstić information content (AvgIpc) is 3.08. The minimum atomic E-state index is -0.208. The van der Waals surface area contributed by atoms with Crippen LogP contribution in [0.15, 0.2) is 103 Å². The molecule has 3 rings (SSSR count). The summed E-state index contributed by atoms with van der Waals surface area (Å²) in [7, 11) is 0. The number of hydrogen-bond donors (Lipinski definition) is 0. The van der Waals surface area contributed by atoms with Crippen LogP contribution in [-0.4, -0.2) is 18.2 Å². The largest absolute Gasteiger partial charge is 0.494 e. The Bertz CT molecular complexity index is 1060. The van der Waals surface area contributed by atoms with Crippen LogP contribution in [0.5, 0.6) is 5.75 Å². The lowest BCUT2D eigenvalue weighted by atomic mass is 10.1. The monoisotopic (exact) mass is 438 g/mol. The Labute approximate surface area is 196 Å². The van der Waals surface area contributed by atoms with E-state index in [1.165, 1.54) is 19.3 Å². The van der Waals surface area contributed by atoms with Crippen molar-refractivity contribution in [2.75, 3.05) is 6.61 Å². The summed E-state index contributed by atoms with van der Waals surface area (Å²) >= 11 is 0. The predicted molar refractivity (Wildman–Crippen MR) is 136 cm³/mol. The fourth-order valence-corrected chi connectivity index (χ4v) is 3.46. The summed E-state index contributed by atoms with van der Waals surface area (Å²) in [5.41, 5.74) is 2.29. The molecule has 0 saturated carbocycles. The van der Waals surface area contributed by atoms with E-state index >= 15 is 0 Å². The number of allylic oxidation sites excluding steroid dienone is 9. The molecule has 0 atom stereocenters. The van der Waals surface area contributed by atoms with Gasteiger partial charge in [-0.15, -0.1) is 0 Å². The predicted octanol–water partition coefficient (Wildman–Crippen LogP) is 7.33. The highest BCUT2D eigenvalue weighted by atomic mass is 16.5. The molecule has 33 heavy (non-hydrogen) atoms. The van der Waals surface area contributed by atoms with Gasteiger partial charge in [0.05, 0.1) is 12.2 Å². The Morgan fingerprint density at radius 2 is 1.30 bits per heavy atom. The van der Waals surface area contributed by atoms with E-state index in [1.807, 2.05) is 60.7 Å². The molecule has 3 heteroatoms. The van der Waals surface area contributed by atoms with Crippen LogP contribution >= 0.6 is 0 Å². The molecule has 0 unspecified atom stereocenters. The quantitative estimate of drug-likeness (QED) is 0.160. The number of Topliss-reactive ketones (excluding diaryl/α,β-unsaturated/α-hetero) is 2.